The number of pyridine rings is 1. The van der Waals surface area contributed by atoms with Crippen LogP contribution in [0.3, 0.4) is 0 Å². The fourth-order valence-corrected chi connectivity index (χ4v) is 3.06. The second-order valence-electron chi connectivity index (χ2n) is 6.85. The third-order valence-electron chi connectivity index (χ3n) is 4.72. The summed E-state index contributed by atoms with van der Waals surface area (Å²) in [6.07, 6.45) is 0. The molecule has 0 bridgehead atoms. The Morgan fingerprint density at radius 1 is 1.13 bits per heavy atom. The van der Waals surface area contributed by atoms with Gasteiger partial charge >= 0.3 is 0 Å². The number of benzene rings is 2. The fraction of sp³-hybridized carbons (Fsp3) is 0.174. The second-order valence-corrected chi connectivity index (χ2v) is 6.85. The van der Waals surface area contributed by atoms with Crippen molar-refractivity contribution in [3.8, 4) is 17.7 Å². The highest BCUT2D eigenvalue weighted by molar-refractivity contribution is 6.01. The van der Waals surface area contributed by atoms with Gasteiger partial charge in [-0.1, -0.05) is 29.8 Å². The average Bonchev–Trinajstić information content (AvgIpc) is 2.72. The monoisotopic (exact) mass is 406 g/mol. The van der Waals surface area contributed by atoms with Crippen molar-refractivity contribution in [1.29, 1.82) is 5.26 Å². The van der Waals surface area contributed by atoms with Crippen molar-refractivity contribution < 1.29 is 19.0 Å². The molecule has 3 aromatic rings. The van der Waals surface area contributed by atoms with Crippen LogP contribution in [-0.4, -0.2) is 22.1 Å². The maximum atomic E-state index is 13.2. The highest BCUT2D eigenvalue weighted by Gasteiger charge is 2.24. The topological polar surface area (TPSA) is 92.3 Å². The summed E-state index contributed by atoms with van der Waals surface area (Å²) in [5, 5.41) is 20.1. The molecule has 0 aliphatic rings. The quantitative estimate of drug-likeness (QED) is 0.633. The maximum Gasteiger partial charge on any atom is 0.271 e. The molecule has 3 rings (SSSR count). The van der Waals surface area contributed by atoms with Gasteiger partial charge in [0.1, 0.15) is 23.2 Å². The molecule has 0 atom stereocenters. The molecule has 6 nitrogen and oxygen atoms in total. The Labute approximate surface area is 172 Å². The molecule has 0 unspecified atom stereocenters. The van der Waals surface area contributed by atoms with Gasteiger partial charge in [0, 0.05) is 0 Å². The van der Waals surface area contributed by atoms with Crippen LogP contribution in [0, 0.1) is 31.0 Å². The normalized spacial score (nSPS) is 10.5. The smallest absolute Gasteiger partial charge is 0.271 e. The zero-order valence-corrected chi connectivity index (χ0v) is 16.5. The summed E-state index contributed by atoms with van der Waals surface area (Å²) >= 11 is 0. The Morgan fingerprint density at radius 2 is 1.77 bits per heavy atom. The largest absolute Gasteiger partial charge is 0.494 e. The van der Waals surface area contributed by atoms with Gasteiger partial charge < -0.3 is 9.84 Å². The lowest BCUT2D eigenvalue weighted by Crippen LogP contribution is -2.28. The molecule has 1 heterocycles. The summed E-state index contributed by atoms with van der Waals surface area (Å²) in [4.78, 5) is 25.5. The van der Waals surface area contributed by atoms with Crippen molar-refractivity contribution in [2.45, 2.75) is 20.4 Å². The summed E-state index contributed by atoms with van der Waals surface area (Å²) in [5.41, 5.74) is 0.527. The SMILES string of the molecule is Cc1ccc(OCC(=O)c2c(C)c(C#N)c(=O)n(Cc3ccc(F)cc3)c2O)cc1. The van der Waals surface area contributed by atoms with Crippen molar-refractivity contribution in [2.75, 3.05) is 6.61 Å². The molecule has 0 saturated carbocycles. The minimum atomic E-state index is -0.729. The number of rotatable bonds is 6. The molecule has 1 N–H and O–H groups in total. The number of hydrogen-bond acceptors (Lipinski definition) is 5. The Morgan fingerprint density at radius 3 is 2.37 bits per heavy atom. The van der Waals surface area contributed by atoms with Gasteiger partial charge in [-0.2, -0.15) is 5.26 Å². The van der Waals surface area contributed by atoms with E-state index in [1.165, 1.54) is 31.2 Å². The number of ether oxygens (including phenoxy) is 1. The molecule has 0 fully saturated rings. The number of ketones is 1. The number of carbonyl (C=O) groups excluding carboxylic acids is 1. The zero-order valence-electron chi connectivity index (χ0n) is 16.5. The van der Waals surface area contributed by atoms with Gasteiger partial charge in [-0.3, -0.25) is 14.2 Å². The van der Waals surface area contributed by atoms with Crippen molar-refractivity contribution in [3.63, 3.8) is 0 Å². The number of nitrogens with zero attached hydrogens (tertiary/aromatic N) is 2. The molecule has 1 aromatic heterocycles. The van der Waals surface area contributed by atoms with Crippen molar-refractivity contribution in [2.24, 2.45) is 0 Å². The lowest BCUT2D eigenvalue weighted by molar-refractivity contribution is 0.0916. The summed E-state index contributed by atoms with van der Waals surface area (Å²) < 4.78 is 19.6. The van der Waals surface area contributed by atoms with Gasteiger partial charge in [-0.25, -0.2) is 4.39 Å². The molecular weight excluding hydrogens is 387 g/mol. The van der Waals surface area contributed by atoms with Gasteiger partial charge in [0.2, 0.25) is 11.7 Å². The van der Waals surface area contributed by atoms with E-state index in [0.29, 0.717) is 11.3 Å². The van der Waals surface area contributed by atoms with E-state index >= 15 is 0 Å². The van der Waals surface area contributed by atoms with E-state index in [1.54, 1.807) is 18.2 Å². The van der Waals surface area contributed by atoms with Crippen LogP contribution in [0.5, 0.6) is 11.6 Å². The van der Waals surface area contributed by atoms with Gasteiger partial charge in [-0.15, -0.1) is 0 Å². The molecule has 0 spiro atoms. The number of carbonyl (C=O) groups is 1. The molecule has 2 aromatic carbocycles. The predicted octanol–water partition coefficient (Wildman–Crippen LogP) is 3.49. The molecule has 0 aliphatic heterocycles. The number of hydrogen-bond donors (Lipinski definition) is 1. The predicted molar refractivity (Wildman–Crippen MR) is 108 cm³/mol. The van der Waals surface area contributed by atoms with Crippen LogP contribution >= 0.6 is 0 Å². The molecule has 30 heavy (non-hydrogen) atoms. The Kier molecular flexibility index (Phi) is 5.98. The standard InChI is InChI=1S/C23H19FN2O4/c1-14-3-9-18(10-4-14)30-13-20(27)21-15(2)19(11-25)22(28)26(23(21)29)12-16-5-7-17(24)8-6-16/h3-10,29H,12-13H2,1-2H3. The number of nitriles is 1. The van der Waals surface area contributed by atoms with Crippen molar-refractivity contribution >= 4 is 5.78 Å². The third-order valence-corrected chi connectivity index (χ3v) is 4.72. The van der Waals surface area contributed by atoms with E-state index in [9.17, 15) is 24.3 Å². The summed E-state index contributed by atoms with van der Waals surface area (Å²) in [6.45, 7) is 2.85. The number of aromatic nitrogens is 1. The number of aromatic hydroxyl groups is 1. The van der Waals surface area contributed by atoms with Gasteiger partial charge in [-0.05, 0) is 49.2 Å². The van der Waals surface area contributed by atoms with E-state index in [4.69, 9.17) is 4.74 Å². The van der Waals surface area contributed by atoms with Crippen LogP contribution in [0.15, 0.2) is 53.3 Å². The minimum absolute atomic E-state index is 0.0906. The molecule has 152 valence electrons. The molecular formula is C23H19FN2O4. The van der Waals surface area contributed by atoms with Crippen LogP contribution in [0.25, 0.3) is 0 Å². The first-order valence-electron chi connectivity index (χ1n) is 9.15. The van der Waals surface area contributed by atoms with Crippen LogP contribution in [0.1, 0.15) is 32.6 Å². The highest BCUT2D eigenvalue weighted by atomic mass is 19.1. The van der Waals surface area contributed by atoms with Gasteiger partial charge in [0.25, 0.3) is 5.56 Å². The van der Waals surface area contributed by atoms with Crippen molar-refractivity contribution in [1.82, 2.24) is 4.57 Å². The van der Waals surface area contributed by atoms with Crippen LogP contribution in [0.2, 0.25) is 0 Å². The molecule has 0 aliphatic carbocycles. The Hall–Kier alpha value is -3.92. The summed E-state index contributed by atoms with van der Waals surface area (Å²) in [5.74, 6) is -1.10. The van der Waals surface area contributed by atoms with Crippen LogP contribution in [-0.2, 0) is 6.54 Å². The van der Waals surface area contributed by atoms with Gasteiger partial charge in [0.05, 0.1) is 12.1 Å². The average molecular weight is 406 g/mol. The Balaban J connectivity index is 1.97. The minimum Gasteiger partial charge on any atom is -0.494 e. The van der Waals surface area contributed by atoms with Crippen LogP contribution in [0.4, 0.5) is 4.39 Å². The van der Waals surface area contributed by atoms with E-state index in [0.717, 1.165) is 10.1 Å². The first kappa shape index (κ1) is 20.8. The number of halogens is 1. The van der Waals surface area contributed by atoms with E-state index in [2.05, 4.69) is 0 Å². The van der Waals surface area contributed by atoms with Gasteiger partial charge in [0.15, 0.2) is 6.61 Å². The Bertz CT molecular complexity index is 1190. The van der Waals surface area contributed by atoms with Crippen molar-refractivity contribution in [3.05, 3.63) is 92.5 Å². The highest BCUT2D eigenvalue weighted by Crippen LogP contribution is 2.24. The first-order valence-corrected chi connectivity index (χ1v) is 9.15. The van der Waals surface area contributed by atoms with E-state index < -0.39 is 23.0 Å². The molecule has 0 saturated heterocycles. The molecule has 0 radical (unpaired) electrons. The lowest BCUT2D eigenvalue weighted by atomic mass is 10.0. The summed E-state index contributed by atoms with van der Waals surface area (Å²) in [6, 6.07) is 14.2. The van der Waals surface area contributed by atoms with E-state index in [1.807, 2.05) is 19.1 Å². The zero-order chi connectivity index (χ0) is 21.8. The molecule has 7 heteroatoms. The summed E-state index contributed by atoms with van der Waals surface area (Å²) in [7, 11) is 0. The first-order chi connectivity index (χ1) is 14.3. The molecule has 0 amide bonds. The fourth-order valence-electron chi connectivity index (χ4n) is 3.06. The lowest BCUT2D eigenvalue weighted by Gasteiger charge is -2.16. The van der Waals surface area contributed by atoms with Crippen LogP contribution < -0.4 is 10.3 Å². The maximum absolute atomic E-state index is 13.2. The number of Topliss-reactive ketones (excluding diaryl/α,β-unsaturated/α-hetero) is 1. The third kappa shape index (κ3) is 4.23. The number of aryl methyl sites for hydroxylation is 1. The van der Waals surface area contributed by atoms with E-state index in [-0.39, 0.29) is 29.8 Å². The second kappa shape index (κ2) is 8.62.